The minimum absolute atomic E-state index is 0.820. The molecule has 0 radical (unpaired) electrons. The van der Waals surface area contributed by atoms with Crippen LogP contribution in [0.4, 0.5) is 0 Å². The van der Waals surface area contributed by atoms with E-state index in [0.29, 0.717) is 0 Å². The summed E-state index contributed by atoms with van der Waals surface area (Å²) in [6.45, 7) is 3.64. The van der Waals surface area contributed by atoms with Crippen molar-refractivity contribution in [3.63, 3.8) is 0 Å². The van der Waals surface area contributed by atoms with Gasteiger partial charge in [-0.3, -0.25) is 0 Å². The van der Waals surface area contributed by atoms with Gasteiger partial charge in [-0.15, -0.1) is 0 Å². The van der Waals surface area contributed by atoms with Gasteiger partial charge in [-0.1, -0.05) is 19.8 Å². The van der Waals surface area contributed by atoms with Crippen LogP contribution < -0.4 is 5.32 Å². The van der Waals surface area contributed by atoms with E-state index < -0.39 is 0 Å². The lowest BCUT2D eigenvalue weighted by Crippen LogP contribution is -2.38. The van der Waals surface area contributed by atoms with Crippen molar-refractivity contribution in [2.75, 3.05) is 18.1 Å². The molecule has 2 rings (SSSR count). The van der Waals surface area contributed by atoms with Crippen molar-refractivity contribution in [3.8, 4) is 0 Å². The summed E-state index contributed by atoms with van der Waals surface area (Å²) in [4.78, 5) is 0. The van der Waals surface area contributed by atoms with Gasteiger partial charge in [0.25, 0.3) is 0 Å². The van der Waals surface area contributed by atoms with Gasteiger partial charge in [-0.05, 0) is 43.3 Å². The molecule has 2 aliphatic rings. The molecule has 0 saturated heterocycles. The first kappa shape index (κ1) is 11.8. The fourth-order valence-electron chi connectivity index (χ4n) is 2.47. The second kappa shape index (κ2) is 6.15. The van der Waals surface area contributed by atoms with E-state index in [9.17, 15) is 0 Å². The quantitative estimate of drug-likeness (QED) is 0.699. The fraction of sp³-hybridized carbons (Fsp3) is 1.00. The van der Waals surface area contributed by atoms with E-state index in [4.69, 9.17) is 0 Å². The second-order valence-electron chi connectivity index (χ2n) is 5.34. The summed E-state index contributed by atoms with van der Waals surface area (Å²) in [5, 5.41) is 3.74. The van der Waals surface area contributed by atoms with Gasteiger partial charge in [-0.25, -0.2) is 0 Å². The molecular weight excluding hydrogens is 202 g/mol. The molecule has 2 fully saturated rings. The van der Waals surface area contributed by atoms with E-state index in [0.717, 1.165) is 17.9 Å². The number of hydrogen-bond donors (Lipinski definition) is 1. The van der Waals surface area contributed by atoms with Crippen LogP contribution in [0.1, 0.15) is 45.4 Å². The maximum absolute atomic E-state index is 3.74. The van der Waals surface area contributed by atoms with E-state index in [-0.39, 0.29) is 0 Å². The SMILES string of the molecule is CC1CCCCC1NCCSCC1CC1. The van der Waals surface area contributed by atoms with Gasteiger partial charge in [0.15, 0.2) is 0 Å². The summed E-state index contributed by atoms with van der Waals surface area (Å²) in [5.74, 6) is 4.73. The third-order valence-electron chi connectivity index (χ3n) is 3.81. The third-order valence-corrected chi connectivity index (χ3v) is 5.01. The molecule has 0 aromatic heterocycles. The molecule has 2 unspecified atom stereocenters. The molecule has 0 aliphatic heterocycles. The molecule has 2 atom stereocenters. The normalized spacial score (nSPS) is 31.8. The predicted octanol–water partition coefficient (Wildman–Crippen LogP) is 3.30. The molecule has 0 aromatic carbocycles. The van der Waals surface area contributed by atoms with Crippen LogP contribution in [0, 0.1) is 11.8 Å². The first-order chi connectivity index (χ1) is 7.36. The highest BCUT2D eigenvalue weighted by molar-refractivity contribution is 7.99. The molecule has 88 valence electrons. The molecule has 0 bridgehead atoms. The molecule has 0 spiro atoms. The Labute approximate surface area is 98.8 Å². The van der Waals surface area contributed by atoms with Crippen LogP contribution in [0.2, 0.25) is 0 Å². The maximum Gasteiger partial charge on any atom is 0.00930 e. The molecule has 0 amide bonds. The van der Waals surface area contributed by atoms with Gasteiger partial charge in [0.1, 0.15) is 0 Å². The third kappa shape index (κ3) is 4.36. The fourth-order valence-corrected chi connectivity index (χ4v) is 3.57. The summed E-state index contributed by atoms with van der Waals surface area (Å²) in [6, 6.07) is 0.820. The summed E-state index contributed by atoms with van der Waals surface area (Å²) in [5.41, 5.74) is 0. The average molecular weight is 227 g/mol. The van der Waals surface area contributed by atoms with Crippen LogP contribution in [-0.4, -0.2) is 24.1 Å². The van der Waals surface area contributed by atoms with Gasteiger partial charge in [-0.2, -0.15) is 11.8 Å². The van der Waals surface area contributed by atoms with Crippen LogP contribution >= 0.6 is 11.8 Å². The maximum atomic E-state index is 3.74. The van der Waals surface area contributed by atoms with Crippen molar-refractivity contribution in [2.45, 2.75) is 51.5 Å². The minimum Gasteiger partial charge on any atom is -0.313 e. The smallest absolute Gasteiger partial charge is 0.00930 e. The number of thioether (sulfide) groups is 1. The second-order valence-corrected chi connectivity index (χ2v) is 6.49. The van der Waals surface area contributed by atoms with Crippen LogP contribution in [-0.2, 0) is 0 Å². The Balaban J connectivity index is 1.48. The lowest BCUT2D eigenvalue weighted by Gasteiger charge is -2.29. The molecule has 1 N–H and O–H groups in total. The Morgan fingerprint density at radius 2 is 1.93 bits per heavy atom. The zero-order valence-electron chi connectivity index (χ0n) is 10.0. The van der Waals surface area contributed by atoms with E-state index in [1.165, 1.54) is 56.6 Å². The van der Waals surface area contributed by atoms with E-state index in [1.807, 2.05) is 0 Å². The first-order valence-corrected chi connectivity index (χ1v) is 7.83. The molecule has 1 nitrogen and oxygen atoms in total. The van der Waals surface area contributed by atoms with Crippen molar-refractivity contribution >= 4 is 11.8 Å². The number of rotatable bonds is 6. The zero-order valence-corrected chi connectivity index (χ0v) is 10.8. The summed E-state index contributed by atoms with van der Waals surface area (Å²) in [6.07, 6.45) is 8.74. The van der Waals surface area contributed by atoms with Gasteiger partial charge >= 0.3 is 0 Å². The largest absolute Gasteiger partial charge is 0.313 e. The summed E-state index contributed by atoms with van der Waals surface area (Å²) < 4.78 is 0. The molecule has 2 aliphatic carbocycles. The lowest BCUT2D eigenvalue weighted by atomic mass is 9.86. The van der Waals surface area contributed by atoms with Crippen molar-refractivity contribution < 1.29 is 0 Å². The molecule has 15 heavy (non-hydrogen) atoms. The minimum atomic E-state index is 0.820. The van der Waals surface area contributed by atoms with Gasteiger partial charge < -0.3 is 5.32 Å². The molecular formula is C13H25NS. The van der Waals surface area contributed by atoms with E-state index in [1.54, 1.807) is 0 Å². The Kier molecular flexibility index (Phi) is 4.83. The van der Waals surface area contributed by atoms with Crippen LogP contribution in [0.25, 0.3) is 0 Å². The molecule has 0 heterocycles. The van der Waals surface area contributed by atoms with E-state index in [2.05, 4.69) is 24.0 Å². The van der Waals surface area contributed by atoms with Crippen molar-refractivity contribution in [2.24, 2.45) is 11.8 Å². The molecule has 0 aromatic rings. The Morgan fingerprint density at radius 3 is 2.67 bits per heavy atom. The highest BCUT2D eigenvalue weighted by Gasteiger charge is 2.21. The first-order valence-electron chi connectivity index (χ1n) is 6.67. The summed E-state index contributed by atoms with van der Waals surface area (Å²) >= 11 is 2.15. The van der Waals surface area contributed by atoms with Crippen LogP contribution in [0.15, 0.2) is 0 Å². The van der Waals surface area contributed by atoms with Gasteiger partial charge in [0.2, 0.25) is 0 Å². The van der Waals surface area contributed by atoms with Gasteiger partial charge in [0, 0.05) is 18.3 Å². The Hall–Kier alpha value is 0.310. The van der Waals surface area contributed by atoms with Crippen molar-refractivity contribution in [1.29, 1.82) is 0 Å². The van der Waals surface area contributed by atoms with Gasteiger partial charge in [0.05, 0.1) is 0 Å². The van der Waals surface area contributed by atoms with E-state index >= 15 is 0 Å². The van der Waals surface area contributed by atoms with Crippen LogP contribution in [0.3, 0.4) is 0 Å². The predicted molar refractivity (Wildman–Crippen MR) is 69.5 cm³/mol. The molecule has 2 saturated carbocycles. The topological polar surface area (TPSA) is 12.0 Å². The highest BCUT2D eigenvalue weighted by atomic mass is 32.2. The zero-order chi connectivity index (χ0) is 10.5. The lowest BCUT2D eigenvalue weighted by molar-refractivity contribution is 0.285. The number of hydrogen-bond acceptors (Lipinski definition) is 2. The Morgan fingerprint density at radius 1 is 1.13 bits per heavy atom. The van der Waals surface area contributed by atoms with Crippen molar-refractivity contribution in [1.82, 2.24) is 5.32 Å². The molecule has 2 heteroatoms. The van der Waals surface area contributed by atoms with Crippen molar-refractivity contribution in [3.05, 3.63) is 0 Å². The Bertz CT molecular complexity index is 179. The van der Waals surface area contributed by atoms with Crippen LogP contribution in [0.5, 0.6) is 0 Å². The monoisotopic (exact) mass is 227 g/mol. The highest BCUT2D eigenvalue weighted by Crippen LogP contribution is 2.32. The standard InChI is InChI=1S/C13H25NS/c1-11-4-2-3-5-13(11)14-8-9-15-10-12-6-7-12/h11-14H,2-10H2,1H3. The average Bonchev–Trinajstić information content (AvgIpc) is 3.04. The number of nitrogens with one attached hydrogen (secondary N) is 1. The summed E-state index contributed by atoms with van der Waals surface area (Å²) in [7, 11) is 0.